The molecule has 0 aliphatic carbocycles. The highest BCUT2D eigenvalue weighted by atomic mass is 79.9. The minimum absolute atomic E-state index is 0.111. The van der Waals surface area contributed by atoms with E-state index in [2.05, 4.69) is 34.4 Å². The van der Waals surface area contributed by atoms with E-state index in [1.54, 1.807) is 28.9 Å². The van der Waals surface area contributed by atoms with Crippen molar-refractivity contribution < 1.29 is 33.8 Å². The summed E-state index contributed by atoms with van der Waals surface area (Å²) in [6.07, 6.45) is 6.32. The first-order valence-electron chi connectivity index (χ1n) is 15.1. The molecule has 0 aromatic heterocycles. The van der Waals surface area contributed by atoms with Crippen LogP contribution in [0.1, 0.15) is 72.6 Å². The lowest BCUT2D eigenvalue weighted by Crippen LogP contribution is -2.60. The second-order valence-electron chi connectivity index (χ2n) is 12.6. The van der Waals surface area contributed by atoms with Crippen molar-refractivity contribution in [2.45, 2.75) is 107 Å². The molecular formula is C31H48BrN3O7. The zero-order valence-corrected chi connectivity index (χ0v) is 27.1. The van der Waals surface area contributed by atoms with Gasteiger partial charge in [-0.25, -0.2) is 0 Å². The number of alkyl halides is 1. The van der Waals surface area contributed by atoms with E-state index in [0.29, 0.717) is 45.2 Å². The Hall–Kier alpha value is -2.24. The van der Waals surface area contributed by atoms with Crippen LogP contribution in [0.25, 0.3) is 0 Å². The standard InChI is InChI=1S/C31H48BrN3O7/c1-7-9-14-22(37)33-19-20(3)41-29(40)23-24-27(38)34(16-12-10-11-13-17-36)26(31(24)18-21(32)25(23)42-31)28(39)35(15-8-2)30(4,5)6/h7-8,20-21,23-26,36H,1-2,9-19H2,3-6H3,(H,33,37)/t20-,21?,23-,24+,25-,26-,31+/m1/s1. The van der Waals surface area contributed by atoms with E-state index in [9.17, 15) is 19.2 Å². The summed E-state index contributed by atoms with van der Waals surface area (Å²) in [4.78, 5) is 57.3. The summed E-state index contributed by atoms with van der Waals surface area (Å²) in [5.41, 5.74) is -1.71. The van der Waals surface area contributed by atoms with E-state index in [4.69, 9.17) is 14.6 Å². The summed E-state index contributed by atoms with van der Waals surface area (Å²) in [7, 11) is 0. The van der Waals surface area contributed by atoms with Gasteiger partial charge in [-0.3, -0.25) is 19.2 Å². The average molecular weight is 655 g/mol. The van der Waals surface area contributed by atoms with Crippen LogP contribution in [0.5, 0.6) is 0 Å². The van der Waals surface area contributed by atoms with Crippen LogP contribution in [-0.2, 0) is 28.7 Å². The summed E-state index contributed by atoms with van der Waals surface area (Å²) in [6, 6.07) is -0.892. The van der Waals surface area contributed by atoms with Gasteiger partial charge in [0.25, 0.3) is 0 Å². The number of fused-ring (bicyclic) bond motifs is 1. The van der Waals surface area contributed by atoms with E-state index < -0.39 is 47.2 Å². The highest BCUT2D eigenvalue weighted by Gasteiger charge is 2.77. The Morgan fingerprint density at radius 2 is 1.93 bits per heavy atom. The fourth-order valence-electron chi connectivity index (χ4n) is 6.53. The van der Waals surface area contributed by atoms with Crippen LogP contribution < -0.4 is 5.32 Å². The fraction of sp³-hybridized carbons (Fsp3) is 0.742. The quantitative estimate of drug-likeness (QED) is 0.113. The summed E-state index contributed by atoms with van der Waals surface area (Å²) < 4.78 is 12.3. The van der Waals surface area contributed by atoms with Gasteiger partial charge in [0, 0.05) is 36.5 Å². The Labute approximate surface area is 258 Å². The number of hydrogen-bond donors (Lipinski definition) is 2. The molecule has 3 rings (SSSR count). The van der Waals surface area contributed by atoms with Crippen LogP contribution in [0, 0.1) is 11.8 Å². The van der Waals surface area contributed by atoms with E-state index in [0.717, 1.165) is 12.8 Å². The molecule has 1 unspecified atom stereocenters. The molecule has 42 heavy (non-hydrogen) atoms. The molecule has 3 heterocycles. The van der Waals surface area contributed by atoms with Gasteiger partial charge in [0.1, 0.15) is 17.7 Å². The van der Waals surface area contributed by atoms with Crippen molar-refractivity contribution in [1.29, 1.82) is 0 Å². The van der Waals surface area contributed by atoms with Crippen LogP contribution in [0.2, 0.25) is 0 Å². The van der Waals surface area contributed by atoms with Gasteiger partial charge in [-0.05, 0) is 53.4 Å². The molecule has 3 amide bonds. The molecule has 0 aromatic carbocycles. The van der Waals surface area contributed by atoms with Crippen LogP contribution in [0.3, 0.4) is 0 Å². The number of nitrogens with zero attached hydrogens (tertiary/aromatic N) is 2. The number of halogens is 1. The molecule has 1 spiro atoms. The molecule has 3 aliphatic rings. The molecule has 0 saturated carbocycles. The number of allylic oxidation sites excluding steroid dienone is 1. The summed E-state index contributed by atoms with van der Waals surface area (Å²) in [5, 5.41) is 11.9. The Morgan fingerprint density at radius 3 is 2.55 bits per heavy atom. The maximum Gasteiger partial charge on any atom is 0.312 e. The molecule has 7 atom stereocenters. The first kappa shape index (κ1) is 34.3. The lowest BCUT2D eigenvalue weighted by atomic mass is 9.70. The highest BCUT2D eigenvalue weighted by Crippen LogP contribution is 2.60. The molecule has 3 aliphatic heterocycles. The number of rotatable bonds is 16. The Kier molecular flexibility index (Phi) is 11.8. The minimum Gasteiger partial charge on any atom is -0.460 e. The number of aliphatic hydroxyl groups is 1. The Bertz CT molecular complexity index is 1030. The fourth-order valence-corrected chi connectivity index (χ4v) is 7.48. The monoisotopic (exact) mass is 653 g/mol. The average Bonchev–Trinajstić information content (AvgIpc) is 3.51. The Morgan fingerprint density at radius 1 is 1.24 bits per heavy atom. The number of likely N-dealkylation sites (tertiary alicyclic amines) is 1. The van der Waals surface area contributed by atoms with E-state index in [1.165, 1.54) is 0 Å². The Balaban J connectivity index is 1.88. The molecule has 236 valence electrons. The highest BCUT2D eigenvalue weighted by molar-refractivity contribution is 9.09. The molecule has 3 saturated heterocycles. The zero-order chi connectivity index (χ0) is 31.2. The van der Waals surface area contributed by atoms with Crippen LogP contribution in [0.4, 0.5) is 0 Å². The third-order valence-electron chi connectivity index (χ3n) is 8.47. The lowest BCUT2D eigenvalue weighted by Gasteiger charge is -2.42. The first-order valence-corrected chi connectivity index (χ1v) is 16.0. The topological polar surface area (TPSA) is 125 Å². The van der Waals surface area contributed by atoms with Crippen LogP contribution in [0.15, 0.2) is 25.3 Å². The van der Waals surface area contributed by atoms with Crippen molar-refractivity contribution in [3.8, 4) is 0 Å². The number of amides is 3. The smallest absolute Gasteiger partial charge is 0.312 e. The predicted molar refractivity (Wildman–Crippen MR) is 163 cm³/mol. The van der Waals surface area contributed by atoms with Gasteiger partial charge in [0.2, 0.25) is 17.7 Å². The van der Waals surface area contributed by atoms with Gasteiger partial charge < -0.3 is 29.7 Å². The maximum atomic E-state index is 14.4. The van der Waals surface area contributed by atoms with Gasteiger partial charge in [0.15, 0.2) is 0 Å². The summed E-state index contributed by atoms with van der Waals surface area (Å²) in [5.74, 6) is -2.95. The number of esters is 1. The van der Waals surface area contributed by atoms with Gasteiger partial charge in [-0.15, -0.1) is 13.2 Å². The van der Waals surface area contributed by atoms with Gasteiger partial charge in [0.05, 0.1) is 24.5 Å². The third-order valence-corrected chi connectivity index (χ3v) is 9.31. The molecule has 0 radical (unpaired) electrons. The van der Waals surface area contributed by atoms with Gasteiger partial charge in [-0.2, -0.15) is 0 Å². The van der Waals surface area contributed by atoms with Crippen molar-refractivity contribution in [2.24, 2.45) is 11.8 Å². The SMILES string of the molecule is C=CCCC(=O)NC[C@@H](C)OC(=O)[C@H]1[C@@H]2O[C@@]3(CC2Br)[C@@H]1C(=O)N(CCCCCCO)[C@@H]3C(=O)N(CC=C)C(C)(C)C. The second-order valence-corrected chi connectivity index (χ2v) is 13.8. The van der Waals surface area contributed by atoms with Crippen molar-refractivity contribution in [3.63, 3.8) is 0 Å². The number of unbranched alkanes of at least 4 members (excludes halogenated alkanes) is 3. The number of hydrogen-bond acceptors (Lipinski definition) is 7. The predicted octanol–water partition coefficient (Wildman–Crippen LogP) is 3.11. The van der Waals surface area contributed by atoms with Crippen molar-refractivity contribution in [1.82, 2.24) is 15.1 Å². The zero-order valence-electron chi connectivity index (χ0n) is 25.5. The maximum absolute atomic E-state index is 14.4. The minimum atomic E-state index is -1.17. The summed E-state index contributed by atoms with van der Waals surface area (Å²) in [6.45, 7) is 15.9. The molecule has 2 bridgehead atoms. The first-order chi connectivity index (χ1) is 19.8. The number of carbonyl (C=O) groups excluding carboxylic acids is 4. The summed E-state index contributed by atoms with van der Waals surface area (Å²) >= 11 is 3.69. The molecule has 3 fully saturated rings. The molecular weight excluding hydrogens is 606 g/mol. The van der Waals surface area contributed by atoms with Crippen molar-refractivity contribution in [3.05, 3.63) is 25.3 Å². The van der Waals surface area contributed by atoms with Gasteiger partial charge in [-0.1, -0.05) is 40.9 Å². The third kappa shape index (κ3) is 7.10. The van der Waals surface area contributed by atoms with E-state index >= 15 is 0 Å². The van der Waals surface area contributed by atoms with Crippen LogP contribution in [-0.4, -0.2) is 99.1 Å². The number of nitrogens with one attached hydrogen (secondary N) is 1. The molecule has 0 aromatic rings. The van der Waals surface area contributed by atoms with Gasteiger partial charge >= 0.3 is 5.97 Å². The number of aliphatic hydroxyl groups excluding tert-OH is 1. The lowest BCUT2D eigenvalue weighted by molar-refractivity contribution is -0.159. The van der Waals surface area contributed by atoms with Crippen molar-refractivity contribution in [2.75, 3.05) is 26.2 Å². The number of ether oxygens (including phenoxy) is 2. The largest absolute Gasteiger partial charge is 0.460 e. The molecule has 2 N–H and O–H groups in total. The number of carbonyl (C=O) groups is 4. The second kappa shape index (κ2) is 14.5. The molecule has 10 nitrogen and oxygen atoms in total. The van der Waals surface area contributed by atoms with Crippen molar-refractivity contribution >= 4 is 39.6 Å². The normalized spacial score (nSPS) is 28.8. The molecule has 11 heteroatoms. The van der Waals surface area contributed by atoms with Crippen LogP contribution >= 0.6 is 15.9 Å². The van der Waals surface area contributed by atoms with E-state index in [-0.39, 0.29) is 35.7 Å². The van der Waals surface area contributed by atoms with E-state index in [1.807, 2.05) is 20.8 Å².